The van der Waals surface area contributed by atoms with Crippen molar-refractivity contribution in [2.45, 2.75) is 12.5 Å². The second-order valence-corrected chi connectivity index (χ2v) is 8.83. The quantitative estimate of drug-likeness (QED) is 0.205. The summed E-state index contributed by atoms with van der Waals surface area (Å²) in [6, 6.07) is 29.1. The van der Waals surface area contributed by atoms with E-state index in [1.165, 1.54) is 12.1 Å². The van der Waals surface area contributed by atoms with Crippen LogP contribution < -0.4 is 15.4 Å². The fourth-order valence-corrected chi connectivity index (χ4v) is 4.05. The Kier molecular flexibility index (Phi) is 9.45. The van der Waals surface area contributed by atoms with Gasteiger partial charge in [-0.15, -0.1) is 0 Å². The van der Waals surface area contributed by atoms with E-state index in [-0.39, 0.29) is 29.3 Å². The van der Waals surface area contributed by atoms with Crippen LogP contribution in [0.15, 0.2) is 103 Å². The molecule has 9 nitrogen and oxygen atoms in total. The Labute approximate surface area is 237 Å². The molecule has 2 amide bonds. The third-order valence-electron chi connectivity index (χ3n) is 6.14. The first-order valence-electron chi connectivity index (χ1n) is 12.6. The van der Waals surface area contributed by atoms with Gasteiger partial charge in [0.15, 0.2) is 5.92 Å². The van der Waals surface area contributed by atoms with Crippen molar-refractivity contribution < 1.29 is 33.4 Å². The first-order chi connectivity index (χ1) is 19.9. The molecule has 0 fully saturated rings. The third-order valence-corrected chi connectivity index (χ3v) is 6.14. The highest BCUT2D eigenvalue weighted by Gasteiger charge is 2.34. The van der Waals surface area contributed by atoms with Gasteiger partial charge in [0, 0.05) is 28.4 Å². The number of nitrogens with one attached hydrogen (secondary N) is 2. The number of ether oxygens (including phenoxy) is 3. The van der Waals surface area contributed by atoms with E-state index in [4.69, 9.17) is 14.2 Å². The lowest BCUT2D eigenvalue weighted by molar-refractivity contribution is -0.154. The number of esters is 2. The fraction of sp³-hybridized carbons (Fsp3) is 0.125. The zero-order valence-corrected chi connectivity index (χ0v) is 22.5. The molecule has 0 saturated heterocycles. The van der Waals surface area contributed by atoms with Crippen molar-refractivity contribution >= 4 is 35.1 Å². The molecule has 208 valence electrons. The van der Waals surface area contributed by atoms with Gasteiger partial charge in [0.05, 0.1) is 19.9 Å². The van der Waals surface area contributed by atoms with E-state index in [9.17, 15) is 19.2 Å². The number of amides is 2. The minimum atomic E-state index is -1.56. The third kappa shape index (κ3) is 7.15. The van der Waals surface area contributed by atoms with Crippen LogP contribution >= 0.6 is 0 Å². The van der Waals surface area contributed by atoms with Gasteiger partial charge in [0.25, 0.3) is 11.8 Å². The lowest BCUT2D eigenvalue weighted by Crippen LogP contribution is -2.26. The van der Waals surface area contributed by atoms with Gasteiger partial charge in [-0.2, -0.15) is 0 Å². The summed E-state index contributed by atoms with van der Waals surface area (Å²) in [4.78, 5) is 51.9. The van der Waals surface area contributed by atoms with Crippen molar-refractivity contribution in [3.8, 4) is 5.75 Å². The summed E-state index contributed by atoms with van der Waals surface area (Å²) in [5.74, 6) is -4.13. The Balaban J connectivity index is 1.84. The topological polar surface area (TPSA) is 120 Å². The number of carbonyl (C=O) groups excluding carboxylic acids is 4. The van der Waals surface area contributed by atoms with Gasteiger partial charge >= 0.3 is 11.9 Å². The predicted molar refractivity (Wildman–Crippen MR) is 153 cm³/mol. The molecule has 41 heavy (non-hydrogen) atoms. The van der Waals surface area contributed by atoms with Crippen molar-refractivity contribution in [2.24, 2.45) is 0 Å². The summed E-state index contributed by atoms with van der Waals surface area (Å²) in [7, 11) is 2.27. The van der Waals surface area contributed by atoms with E-state index in [2.05, 4.69) is 10.6 Å². The molecule has 4 aromatic rings. The van der Waals surface area contributed by atoms with Crippen molar-refractivity contribution in [2.75, 3.05) is 24.9 Å². The molecule has 0 aromatic heterocycles. The molecule has 0 atom stereocenters. The largest absolute Gasteiger partial charge is 0.487 e. The van der Waals surface area contributed by atoms with Crippen molar-refractivity contribution in [1.29, 1.82) is 0 Å². The fourth-order valence-electron chi connectivity index (χ4n) is 4.05. The number of rotatable bonds is 10. The number of anilines is 2. The smallest absolute Gasteiger partial charge is 0.324 e. The van der Waals surface area contributed by atoms with Crippen LogP contribution in [0.5, 0.6) is 5.75 Å². The summed E-state index contributed by atoms with van der Waals surface area (Å²) >= 11 is 0. The molecule has 0 heterocycles. The minimum absolute atomic E-state index is 0.0448. The maximum atomic E-state index is 13.2. The Morgan fingerprint density at radius 3 is 1.59 bits per heavy atom. The first kappa shape index (κ1) is 28.6. The molecule has 0 saturated carbocycles. The van der Waals surface area contributed by atoms with Crippen LogP contribution in [0, 0.1) is 0 Å². The standard InChI is InChI=1S/C32H28N2O7/c1-39-31(37)28(32(38)40-2)24-18-26(34-30(36)23-16-10-5-11-17-23)27(41-20-21-12-6-3-7-13-21)19-25(24)33-29(35)22-14-8-4-9-15-22/h3-19,28H,20H2,1-2H3,(H,33,35)(H,34,36). The van der Waals surface area contributed by atoms with E-state index in [1.807, 2.05) is 30.3 Å². The second kappa shape index (κ2) is 13.6. The van der Waals surface area contributed by atoms with Gasteiger partial charge in [0.1, 0.15) is 12.4 Å². The molecule has 0 bridgehead atoms. The highest BCUT2D eigenvalue weighted by molar-refractivity contribution is 6.09. The Hall–Kier alpha value is -5.44. The Morgan fingerprint density at radius 1 is 0.634 bits per heavy atom. The molecule has 0 aliphatic rings. The van der Waals surface area contributed by atoms with Gasteiger partial charge in [-0.05, 0) is 35.9 Å². The zero-order chi connectivity index (χ0) is 29.2. The van der Waals surface area contributed by atoms with Crippen LogP contribution in [0.2, 0.25) is 0 Å². The second-order valence-electron chi connectivity index (χ2n) is 8.83. The number of hydrogen-bond donors (Lipinski definition) is 2. The molecule has 0 aliphatic carbocycles. The van der Waals surface area contributed by atoms with Crippen LogP contribution in [0.3, 0.4) is 0 Å². The van der Waals surface area contributed by atoms with Gasteiger partial charge < -0.3 is 24.8 Å². The molecular formula is C32H28N2O7. The highest BCUT2D eigenvalue weighted by Crippen LogP contribution is 2.38. The van der Waals surface area contributed by atoms with E-state index in [0.29, 0.717) is 11.1 Å². The normalized spacial score (nSPS) is 10.4. The lowest BCUT2D eigenvalue weighted by Gasteiger charge is -2.21. The summed E-state index contributed by atoms with van der Waals surface area (Å²) in [6.45, 7) is 0.137. The first-order valence-corrected chi connectivity index (χ1v) is 12.6. The van der Waals surface area contributed by atoms with Crippen LogP contribution in [-0.2, 0) is 25.7 Å². The van der Waals surface area contributed by atoms with Crippen LogP contribution in [0.4, 0.5) is 11.4 Å². The molecule has 0 aliphatic heterocycles. The molecule has 9 heteroatoms. The van der Waals surface area contributed by atoms with Crippen molar-refractivity contribution in [3.63, 3.8) is 0 Å². The molecule has 0 radical (unpaired) electrons. The maximum absolute atomic E-state index is 13.2. The van der Waals surface area contributed by atoms with Gasteiger partial charge in [-0.25, -0.2) is 0 Å². The molecular weight excluding hydrogens is 524 g/mol. The average Bonchev–Trinajstić information content (AvgIpc) is 3.02. The number of hydrogen-bond acceptors (Lipinski definition) is 7. The summed E-state index contributed by atoms with van der Waals surface area (Å²) in [5.41, 5.74) is 1.89. The van der Waals surface area contributed by atoms with Gasteiger partial charge in [-0.3, -0.25) is 19.2 Å². The van der Waals surface area contributed by atoms with Crippen LogP contribution in [0.1, 0.15) is 37.8 Å². The Morgan fingerprint density at radius 2 is 1.10 bits per heavy atom. The molecule has 2 N–H and O–H groups in total. The monoisotopic (exact) mass is 552 g/mol. The van der Waals surface area contributed by atoms with E-state index in [1.54, 1.807) is 60.7 Å². The lowest BCUT2D eigenvalue weighted by atomic mass is 9.95. The highest BCUT2D eigenvalue weighted by atomic mass is 16.5. The van der Waals surface area contributed by atoms with Crippen molar-refractivity contribution in [1.82, 2.24) is 0 Å². The van der Waals surface area contributed by atoms with Crippen molar-refractivity contribution in [3.05, 3.63) is 125 Å². The Bertz CT molecular complexity index is 1510. The summed E-state index contributed by atoms with van der Waals surface area (Å²) < 4.78 is 15.9. The van der Waals surface area contributed by atoms with Crippen LogP contribution in [0.25, 0.3) is 0 Å². The zero-order valence-electron chi connectivity index (χ0n) is 22.5. The molecule has 4 aromatic carbocycles. The molecule has 0 spiro atoms. The molecule has 0 unspecified atom stereocenters. The predicted octanol–water partition coefficient (Wildman–Crippen LogP) is 5.20. The molecule has 4 rings (SSSR count). The minimum Gasteiger partial charge on any atom is -0.487 e. The average molecular weight is 553 g/mol. The number of methoxy groups -OCH3 is 2. The SMILES string of the molecule is COC(=O)C(C(=O)OC)c1cc(NC(=O)c2ccccc2)c(OCc2ccccc2)cc1NC(=O)c1ccccc1. The maximum Gasteiger partial charge on any atom is 0.324 e. The van der Waals surface area contributed by atoms with Crippen LogP contribution in [-0.4, -0.2) is 38.0 Å². The van der Waals surface area contributed by atoms with E-state index >= 15 is 0 Å². The number of benzene rings is 4. The summed E-state index contributed by atoms with van der Waals surface area (Å²) in [5, 5.41) is 5.57. The van der Waals surface area contributed by atoms with Gasteiger partial charge in [-0.1, -0.05) is 66.7 Å². The van der Waals surface area contributed by atoms with E-state index in [0.717, 1.165) is 19.8 Å². The van der Waals surface area contributed by atoms with Gasteiger partial charge in [0.2, 0.25) is 0 Å². The number of carbonyl (C=O) groups is 4. The summed E-state index contributed by atoms with van der Waals surface area (Å²) in [6.07, 6.45) is 0. The van der Waals surface area contributed by atoms with E-state index < -0.39 is 29.7 Å².